The van der Waals surface area contributed by atoms with Crippen LogP contribution in [-0.4, -0.2) is 46.9 Å². The van der Waals surface area contributed by atoms with Crippen molar-refractivity contribution in [3.05, 3.63) is 85.1 Å². The normalized spacial score (nSPS) is 13.9. The molecule has 0 saturated carbocycles. The smallest absolute Gasteiger partial charge is 0.306 e. The number of esters is 1. The van der Waals surface area contributed by atoms with Crippen molar-refractivity contribution in [2.45, 2.75) is 257 Å². The van der Waals surface area contributed by atoms with Crippen molar-refractivity contribution in [1.29, 1.82) is 0 Å². The van der Waals surface area contributed by atoms with E-state index in [1.54, 1.807) is 0 Å². The molecule has 3 N–H and O–H groups in total. The molecule has 0 aliphatic rings. The summed E-state index contributed by atoms with van der Waals surface area (Å²) in [6.45, 7) is 6.40. The summed E-state index contributed by atoms with van der Waals surface area (Å²) in [5.41, 5.74) is 0. The molecule has 0 aliphatic carbocycles. The Bertz CT molecular complexity index is 1210. The second-order valence-electron chi connectivity index (χ2n) is 17.6. The lowest BCUT2D eigenvalue weighted by molar-refractivity contribution is -0.150. The molecular weight excluding hydrogens is 779 g/mol. The Morgan fingerprint density at radius 2 is 0.905 bits per heavy atom. The fourth-order valence-corrected chi connectivity index (χ4v) is 7.47. The molecule has 0 saturated heterocycles. The van der Waals surface area contributed by atoms with Gasteiger partial charge in [0.2, 0.25) is 5.91 Å². The standard InChI is InChI=1S/C57H99NO5/c1-4-7-10-13-16-19-22-24-26-27-28-30-32-35-38-41-44-47-50-57(62)63-53(48-45-42-39-36-34-31-29-25-23-20-17-14-11-8-5-2)51-56(61)58-54(52-59)55(60)49-46-43-40-37-33-21-18-15-12-9-6-3/h17,20,22,24-30,34,36,42,45,53-55,59-60H,4-16,18-19,21,23,31-33,35,37-41,43-44,46-52H2,1-3H3,(H,58,61)/b20-17-,24-22+,27-26+,29-25-,30-28+,36-34-,45-42-. The number of rotatable bonds is 46. The van der Waals surface area contributed by atoms with Crippen molar-refractivity contribution >= 4 is 11.9 Å². The lowest BCUT2D eigenvalue weighted by Gasteiger charge is -2.24. The van der Waals surface area contributed by atoms with Gasteiger partial charge in [-0.25, -0.2) is 0 Å². The van der Waals surface area contributed by atoms with Crippen molar-refractivity contribution in [2.24, 2.45) is 0 Å². The van der Waals surface area contributed by atoms with Gasteiger partial charge in [0.1, 0.15) is 6.10 Å². The molecule has 0 bridgehead atoms. The summed E-state index contributed by atoms with van der Waals surface area (Å²) in [4.78, 5) is 26.1. The van der Waals surface area contributed by atoms with Gasteiger partial charge in [-0.15, -0.1) is 0 Å². The molecule has 0 spiro atoms. The summed E-state index contributed by atoms with van der Waals surface area (Å²) in [6, 6.07) is -0.739. The van der Waals surface area contributed by atoms with E-state index in [9.17, 15) is 19.8 Å². The van der Waals surface area contributed by atoms with Crippen LogP contribution in [0.3, 0.4) is 0 Å². The minimum absolute atomic E-state index is 0.0104. The second-order valence-corrected chi connectivity index (χ2v) is 17.6. The molecule has 0 aromatic carbocycles. The van der Waals surface area contributed by atoms with E-state index in [4.69, 9.17) is 4.74 Å². The first-order valence-corrected chi connectivity index (χ1v) is 26.3. The van der Waals surface area contributed by atoms with Gasteiger partial charge in [-0.05, 0) is 70.6 Å². The highest BCUT2D eigenvalue weighted by Gasteiger charge is 2.23. The molecule has 3 unspecified atom stereocenters. The zero-order valence-electron chi connectivity index (χ0n) is 41.2. The van der Waals surface area contributed by atoms with Gasteiger partial charge in [0.05, 0.1) is 25.2 Å². The van der Waals surface area contributed by atoms with E-state index in [1.165, 1.54) is 109 Å². The Balaban J connectivity index is 4.76. The van der Waals surface area contributed by atoms with Crippen LogP contribution in [0.5, 0.6) is 0 Å². The van der Waals surface area contributed by atoms with Crippen molar-refractivity contribution < 1.29 is 24.5 Å². The minimum Gasteiger partial charge on any atom is -0.461 e. The maximum atomic E-state index is 13.2. The Hall–Kier alpha value is -2.96. The monoisotopic (exact) mass is 878 g/mol. The first kappa shape index (κ1) is 60.0. The fourth-order valence-electron chi connectivity index (χ4n) is 7.47. The highest BCUT2D eigenvalue weighted by molar-refractivity contribution is 5.77. The van der Waals surface area contributed by atoms with E-state index in [1.807, 2.05) is 12.2 Å². The van der Waals surface area contributed by atoms with E-state index in [0.717, 1.165) is 83.5 Å². The van der Waals surface area contributed by atoms with Crippen molar-refractivity contribution in [3.63, 3.8) is 0 Å². The van der Waals surface area contributed by atoms with Gasteiger partial charge in [-0.3, -0.25) is 9.59 Å². The molecule has 362 valence electrons. The third kappa shape index (κ3) is 45.4. The molecule has 0 fully saturated rings. The first-order chi connectivity index (χ1) is 31.0. The lowest BCUT2D eigenvalue weighted by atomic mass is 10.0. The molecule has 0 radical (unpaired) electrons. The van der Waals surface area contributed by atoms with Crippen LogP contribution in [0.1, 0.15) is 239 Å². The highest BCUT2D eigenvalue weighted by atomic mass is 16.5. The van der Waals surface area contributed by atoms with E-state index in [-0.39, 0.29) is 24.9 Å². The Morgan fingerprint density at radius 3 is 1.43 bits per heavy atom. The number of carbonyl (C=O) groups is 2. The SMILES string of the molecule is CCCCC/C=C\C/C=C\C/C=C\C/C=C\CC(CC(=O)NC(CO)C(O)CCCCCCCCCCCCC)OC(=O)CCCCCCC/C=C/C=C/C=C/CCCCCCC. The van der Waals surface area contributed by atoms with E-state index >= 15 is 0 Å². The van der Waals surface area contributed by atoms with Gasteiger partial charge in [0, 0.05) is 12.8 Å². The number of allylic oxidation sites excluding steroid dienone is 13. The average Bonchev–Trinajstić information content (AvgIpc) is 3.28. The zero-order valence-corrected chi connectivity index (χ0v) is 41.2. The van der Waals surface area contributed by atoms with Crippen molar-refractivity contribution in [2.75, 3.05) is 6.61 Å². The number of nitrogens with one attached hydrogen (secondary N) is 1. The quantitative estimate of drug-likeness (QED) is 0.0245. The molecule has 0 heterocycles. The number of ether oxygens (including phenoxy) is 1. The van der Waals surface area contributed by atoms with Crippen LogP contribution in [0.4, 0.5) is 0 Å². The van der Waals surface area contributed by atoms with E-state index < -0.39 is 18.2 Å². The van der Waals surface area contributed by atoms with Crippen LogP contribution in [-0.2, 0) is 14.3 Å². The summed E-state index contributed by atoms with van der Waals surface area (Å²) in [5.74, 6) is -0.603. The van der Waals surface area contributed by atoms with Crippen LogP contribution >= 0.6 is 0 Å². The first-order valence-electron chi connectivity index (χ1n) is 26.3. The van der Waals surface area contributed by atoms with Crippen molar-refractivity contribution in [3.8, 4) is 0 Å². The molecule has 0 rings (SSSR count). The number of amides is 1. The predicted molar refractivity (Wildman–Crippen MR) is 273 cm³/mol. The maximum absolute atomic E-state index is 13.2. The minimum atomic E-state index is -0.818. The van der Waals surface area contributed by atoms with Crippen LogP contribution in [0.15, 0.2) is 85.1 Å². The highest BCUT2D eigenvalue weighted by Crippen LogP contribution is 2.16. The number of carbonyl (C=O) groups excluding carboxylic acids is 2. The van der Waals surface area contributed by atoms with Gasteiger partial charge >= 0.3 is 5.97 Å². The predicted octanol–water partition coefficient (Wildman–Crippen LogP) is 16.0. The summed E-state index contributed by atoms with van der Waals surface area (Å²) in [5, 5.41) is 23.7. The molecule has 1 amide bonds. The Labute approximate surface area is 389 Å². The molecule has 6 heteroatoms. The molecule has 63 heavy (non-hydrogen) atoms. The van der Waals surface area contributed by atoms with Crippen LogP contribution < -0.4 is 5.32 Å². The molecular formula is C57H99NO5. The third-order valence-corrected chi connectivity index (χ3v) is 11.5. The topological polar surface area (TPSA) is 95.9 Å². The van der Waals surface area contributed by atoms with Gasteiger partial charge in [-0.2, -0.15) is 0 Å². The molecule has 0 aliphatic heterocycles. The van der Waals surface area contributed by atoms with Crippen molar-refractivity contribution in [1.82, 2.24) is 5.32 Å². The third-order valence-electron chi connectivity index (χ3n) is 11.5. The van der Waals surface area contributed by atoms with Gasteiger partial charge in [0.25, 0.3) is 0 Å². The lowest BCUT2D eigenvalue weighted by Crippen LogP contribution is -2.46. The van der Waals surface area contributed by atoms with Gasteiger partial charge in [-0.1, -0.05) is 234 Å². The van der Waals surface area contributed by atoms with Gasteiger partial charge < -0.3 is 20.3 Å². The summed E-state index contributed by atoms with van der Waals surface area (Å²) < 4.78 is 5.86. The molecule has 3 atom stereocenters. The molecule has 6 nitrogen and oxygen atoms in total. The number of hydrogen-bond acceptors (Lipinski definition) is 5. The molecule has 0 aromatic rings. The largest absolute Gasteiger partial charge is 0.461 e. The summed E-state index contributed by atoms with van der Waals surface area (Å²) in [7, 11) is 0. The van der Waals surface area contributed by atoms with Crippen LogP contribution in [0.2, 0.25) is 0 Å². The number of unbranched alkanes of at least 4 members (excludes halogenated alkanes) is 23. The van der Waals surface area contributed by atoms with E-state index in [2.05, 4.69) is 99.0 Å². The second kappa shape index (κ2) is 50.0. The summed E-state index contributed by atoms with van der Waals surface area (Å²) >= 11 is 0. The summed E-state index contributed by atoms with van der Waals surface area (Å²) in [6.07, 6.45) is 65.1. The number of hydrogen-bond donors (Lipinski definition) is 3. The zero-order chi connectivity index (χ0) is 45.9. The van der Waals surface area contributed by atoms with Crippen LogP contribution in [0.25, 0.3) is 0 Å². The molecule has 0 aromatic heterocycles. The van der Waals surface area contributed by atoms with E-state index in [0.29, 0.717) is 19.3 Å². The van der Waals surface area contributed by atoms with Gasteiger partial charge in [0.15, 0.2) is 0 Å². The Kier molecular flexibility index (Phi) is 47.7. The van der Waals surface area contributed by atoms with Crippen LogP contribution in [0, 0.1) is 0 Å². The fraction of sp³-hybridized carbons (Fsp3) is 0.719. The number of aliphatic hydroxyl groups excluding tert-OH is 2. The Morgan fingerprint density at radius 1 is 0.492 bits per heavy atom. The maximum Gasteiger partial charge on any atom is 0.306 e. The number of aliphatic hydroxyl groups is 2. The average molecular weight is 878 g/mol.